The normalized spacial score (nSPS) is 18.3. The zero-order valence-corrected chi connectivity index (χ0v) is 10.9. The van der Waals surface area contributed by atoms with E-state index in [2.05, 4.69) is 10.6 Å². The Kier molecular flexibility index (Phi) is 4.16. The zero-order valence-electron chi connectivity index (χ0n) is 10.9. The lowest BCUT2D eigenvalue weighted by atomic mass is 10.1. The summed E-state index contributed by atoms with van der Waals surface area (Å²) in [4.78, 5) is 22.9. The molecule has 0 saturated carbocycles. The highest BCUT2D eigenvalue weighted by molar-refractivity contribution is 5.96. The summed E-state index contributed by atoms with van der Waals surface area (Å²) in [5, 5.41) is 15.1. The molecule has 0 radical (unpaired) electrons. The number of amides is 1. The van der Waals surface area contributed by atoms with Gasteiger partial charge in [-0.05, 0) is 44.0 Å². The Labute approximate surface area is 112 Å². The van der Waals surface area contributed by atoms with Gasteiger partial charge in [0.2, 0.25) is 5.91 Å². The predicted molar refractivity (Wildman–Crippen MR) is 72.4 cm³/mol. The van der Waals surface area contributed by atoms with Gasteiger partial charge in [0.15, 0.2) is 0 Å². The van der Waals surface area contributed by atoms with E-state index >= 15 is 0 Å². The third-order valence-electron chi connectivity index (χ3n) is 3.43. The number of carboxylic acids is 1. The van der Waals surface area contributed by atoms with Gasteiger partial charge in [-0.25, -0.2) is 4.79 Å². The fourth-order valence-electron chi connectivity index (χ4n) is 2.36. The van der Waals surface area contributed by atoms with Crippen molar-refractivity contribution < 1.29 is 14.7 Å². The van der Waals surface area contributed by atoms with Gasteiger partial charge >= 0.3 is 5.97 Å². The molecule has 1 aromatic rings. The molecule has 1 fully saturated rings. The lowest BCUT2D eigenvalue weighted by Gasteiger charge is -2.13. The van der Waals surface area contributed by atoms with E-state index in [1.165, 1.54) is 6.07 Å². The Morgan fingerprint density at radius 2 is 2.26 bits per heavy atom. The summed E-state index contributed by atoms with van der Waals surface area (Å²) in [5.41, 5.74) is 1.38. The van der Waals surface area contributed by atoms with Gasteiger partial charge in [0.1, 0.15) is 0 Å². The van der Waals surface area contributed by atoms with Crippen LogP contribution < -0.4 is 10.6 Å². The summed E-state index contributed by atoms with van der Waals surface area (Å²) >= 11 is 0. The average molecular weight is 262 g/mol. The van der Waals surface area contributed by atoms with Crippen LogP contribution in [0.4, 0.5) is 5.69 Å². The van der Waals surface area contributed by atoms with Crippen LogP contribution in [-0.2, 0) is 4.79 Å². The van der Waals surface area contributed by atoms with E-state index in [9.17, 15) is 9.59 Å². The molecule has 3 N–H and O–H groups in total. The third kappa shape index (κ3) is 3.32. The molecule has 0 aromatic heterocycles. The summed E-state index contributed by atoms with van der Waals surface area (Å²) in [6, 6.07) is 5.14. The summed E-state index contributed by atoms with van der Waals surface area (Å²) in [6.45, 7) is 2.67. The Morgan fingerprint density at radius 1 is 1.47 bits per heavy atom. The molecule has 1 amide bonds. The van der Waals surface area contributed by atoms with Crippen LogP contribution in [0.2, 0.25) is 0 Å². The van der Waals surface area contributed by atoms with E-state index in [-0.39, 0.29) is 17.5 Å². The SMILES string of the molecule is Cc1c(NC(=O)CC2CCCN2)cccc1C(=O)O. The van der Waals surface area contributed by atoms with Crippen LogP contribution in [0.15, 0.2) is 18.2 Å². The van der Waals surface area contributed by atoms with E-state index in [1.54, 1.807) is 19.1 Å². The molecule has 5 heteroatoms. The van der Waals surface area contributed by atoms with E-state index in [1.807, 2.05) is 0 Å². The molecule has 1 aliphatic rings. The maximum absolute atomic E-state index is 11.9. The molecule has 1 atom stereocenters. The van der Waals surface area contributed by atoms with E-state index < -0.39 is 5.97 Å². The van der Waals surface area contributed by atoms with Crippen molar-refractivity contribution in [1.29, 1.82) is 0 Å². The van der Waals surface area contributed by atoms with Gasteiger partial charge in [-0.3, -0.25) is 4.79 Å². The van der Waals surface area contributed by atoms with Crippen LogP contribution in [0.1, 0.15) is 35.2 Å². The highest BCUT2D eigenvalue weighted by atomic mass is 16.4. The maximum atomic E-state index is 11.9. The van der Waals surface area contributed by atoms with Crippen molar-refractivity contribution in [2.45, 2.75) is 32.2 Å². The minimum atomic E-state index is -0.981. The smallest absolute Gasteiger partial charge is 0.336 e. The van der Waals surface area contributed by atoms with Crippen molar-refractivity contribution in [3.63, 3.8) is 0 Å². The first-order valence-corrected chi connectivity index (χ1v) is 6.44. The summed E-state index contributed by atoms with van der Waals surface area (Å²) in [6.07, 6.45) is 2.55. The molecule has 1 heterocycles. The van der Waals surface area contributed by atoms with Crippen molar-refractivity contribution in [2.75, 3.05) is 11.9 Å². The van der Waals surface area contributed by atoms with Crippen LogP contribution in [0.25, 0.3) is 0 Å². The highest BCUT2D eigenvalue weighted by Crippen LogP contribution is 2.19. The fraction of sp³-hybridized carbons (Fsp3) is 0.429. The molecule has 1 saturated heterocycles. The van der Waals surface area contributed by atoms with Gasteiger partial charge in [0, 0.05) is 18.2 Å². The zero-order chi connectivity index (χ0) is 13.8. The molecular formula is C14H18N2O3. The lowest BCUT2D eigenvalue weighted by Crippen LogP contribution is -2.27. The number of nitrogens with one attached hydrogen (secondary N) is 2. The summed E-state index contributed by atoms with van der Waals surface area (Å²) < 4.78 is 0. The molecule has 19 heavy (non-hydrogen) atoms. The van der Waals surface area contributed by atoms with E-state index in [0.29, 0.717) is 17.7 Å². The molecule has 0 bridgehead atoms. The second kappa shape index (κ2) is 5.84. The molecule has 0 aliphatic carbocycles. The van der Waals surface area contributed by atoms with Gasteiger partial charge in [-0.1, -0.05) is 6.07 Å². The van der Waals surface area contributed by atoms with Crippen molar-refractivity contribution in [3.05, 3.63) is 29.3 Å². The monoisotopic (exact) mass is 262 g/mol. The largest absolute Gasteiger partial charge is 0.478 e. The van der Waals surface area contributed by atoms with Gasteiger partial charge in [-0.2, -0.15) is 0 Å². The van der Waals surface area contributed by atoms with Gasteiger partial charge in [0.05, 0.1) is 5.56 Å². The van der Waals surface area contributed by atoms with Gasteiger partial charge in [0.25, 0.3) is 0 Å². The first-order chi connectivity index (χ1) is 9.08. The Bertz CT molecular complexity index is 493. The Hall–Kier alpha value is -1.88. The van der Waals surface area contributed by atoms with Crippen LogP contribution >= 0.6 is 0 Å². The number of benzene rings is 1. The first-order valence-electron chi connectivity index (χ1n) is 6.44. The molecular weight excluding hydrogens is 244 g/mol. The van der Waals surface area contributed by atoms with Crippen LogP contribution in [0.3, 0.4) is 0 Å². The summed E-state index contributed by atoms with van der Waals surface area (Å²) in [5.74, 6) is -1.06. The topological polar surface area (TPSA) is 78.4 Å². The standard InChI is InChI=1S/C14H18N2O3/c1-9-11(14(18)19)5-2-6-12(9)16-13(17)8-10-4-3-7-15-10/h2,5-6,10,15H,3-4,7-8H2,1H3,(H,16,17)(H,18,19). The molecule has 0 spiro atoms. The molecule has 1 unspecified atom stereocenters. The Morgan fingerprint density at radius 3 is 2.89 bits per heavy atom. The maximum Gasteiger partial charge on any atom is 0.336 e. The number of hydrogen-bond donors (Lipinski definition) is 3. The van der Waals surface area contributed by atoms with Crippen LogP contribution in [0, 0.1) is 6.92 Å². The van der Waals surface area contributed by atoms with E-state index in [0.717, 1.165) is 19.4 Å². The second-order valence-electron chi connectivity index (χ2n) is 4.83. The van der Waals surface area contributed by atoms with Gasteiger partial charge in [-0.15, -0.1) is 0 Å². The molecule has 2 rings (SSSR count). The molecule has 102 valence electrons. The van der Waals surface area contributed by atoms with Crippen molar-refractivity contribution >= 4 is 17.6 Å². The lowest BCUT2D eigenvalue weighted by molar-refractivity contribution is -0.116. The molecule has 5 nitrogen and oxygen atoms in total. The third-order valence-corrected chi connectivity index (χ3v) is 3.43. The highest BCUT2D eigenvalue weighted by Gasteiger charge is 2.18. The molecule has 1 aliphatic heterocycles. The van der Waals surface area contributed by atoms with E-state index in [4.69, 9.17) is 5.11 Å². The number of carbonyl (C=O) groups excluding carboxylic acids is 1. The van der Waals surface area contributed by atoms with Gasteiger partial charge < -0.3 is 15.7 Å². The number of hydrogen-bond acceptors (Lipinski definition) is 3. The summed E-state index contributed by atoms with van der Waals surface area (Å²) in [7, 11) is 0. The van der Waals surface area contributed by atoms with Crippen molar-refractivity contribution in [1.82, 2.24) is 5.32 Å². The quantitative estimate of drug-likeness (QED) is 0.772. The van der Waals surface area contributed by atoms with Crippen LogP contribution in [-0.4, -0.2) is 29.6 Å². The predicted octanol–water partition coefficient (Wildman–Crippen LogP) is 1.77. The first kappa shape index (κ1) is 13.5. The van der Waals surface area contributed by atoms with Crippen molar-refractivity contribution in [2.24, 2.45) is 0 Å². The number of aromatic carboxylic acids is 1. The minimum Gasteiger partial charge on any atom is -0.478 e. The minimum absolute atomic E-state index is 0.0787. The number of rotatable bonds is 4. The average Bonchev–Trinajstić information content (AvgIpc) is 2.84. The number of carboxylic acid groups (broad SMARTS) is 1. The number of anilines is 1. The fourth-order valence-corrected chi connectivity index (χ4v) is 2.36. The second-order valence-corrected chi connectivity index (χ2v) is 4.83. The number of carbonyl (C=O) groups is 2. The molecule has 1 aromatic carbocycles. The van der Waals surface area contributed by atoms with Crippen molar-refractivity contribution in [3.8, 4) is 0 Å². The Balaban J connectivity index is 2.04. The van der Waals surface area contributed by atoms with Crippen LogP contribution in [0.5, 0.6) is 0 Å².